The van der Waals surface area contributed by atoms with Gasteiger partial charge < -0.3 is 15.4 Å². The van der Waals surface area contributed by atoms with E-state index in [1.54, 1.807) is 18.2 Å². The number of nitrogens with one attached hydrogen (secondary N) is 3. The molecule has 0 atom stereocenters. The Hall–Kier alpha value is -3.35. The summed E-state index contributed by atoms with van der Waals surface area (Å²) in [5.41, 5.74) is 2.17. The van der Waals surface area contributed by atoms with Gasteiger partial charge in [-0.25, -0.2) is 0 Å². The van der Waals surface area contributed by atoms with E-state index in [2.05, 4.69) is 20.8 Å². The second-order valence-corrected chi connectivity index (χ2v) is 5.17. The lowest BCUT2D eigenvalue weighted by atomic mass is 10.2. The predicted molar refractivity (Wildman–Crippen MR) is 91.3 cm³/mol. The van der Waals surface area contributed by atoms with E-state index < -0.39 is 0 Å². The Balaban J connectivity index is 1.87. The first-order valence-corrected chi connectivity index (χ1v) is 7.28. The number of anilines is 2. The number of hydrogen-bond acceptors (Lipinski definition) is 4. The van der Waals surface area contributed by atoms with Gasteiger partial charge in [-0.05, 0) is 18.2 Å². The molecular weight excluding hydrogens is 308 g/mol. The van der Waals surface area contributed by atoms with E-state index in [1.165, 1.54) is 14.0 Å². The number of aromatic amines is 1. The molecule has 0 aliphatic rings. The van der Waals surface area contributed by atoms with Gasteiger partial charge in [-0.3, -0.25) is 14.7 Å². The number of nitrogens with zero attached hydrogens (tertiary/aromatic N) is 1. The molecule has 0 saturated heterocycles. The van der Waals surface area contributed by atoms with Crippen molar-refractivity contribution in [2.75, 3.05) is 17.7 Å². The van der Waals surface area contributed by atoms with Gasteiger partial charge in [0.15, 0.2) is 5.69 Å². The molecule has 3 N–H and O–H groups in total. The molecule has 3 rings (SSSR count). The summed E-state index contributed by atoms with van der Waals surface area (Å²) < 4.78 is 5.28. The van der Waals surface area contributed by atoms with Crippen LogP contribution in [0.1, 0.15) is 17.4 Å². The highest BCUT2D eigenvalue weighted by molar-refractivity contribution is 6.11. The van der Waals surface area contributed by atoms with Gasteiger partial charge in [0.05, 0.1) is 18.3 Å². The Kier molecular flexibility index (Phi) is 4.15. The number of aromatic nitrogens is 2. The van der Waals surface area contributed by atoms with Gasteiger partial charge in [-0.1, -0.05) is 18.2 Å². The van der Waals surface area contributed by atoms with E-state index in [1.807, 2.05) is 24.3 Å². The summed E-state index contributed by atoms with van der Waals surface area (Å²) in [7, 11) is 1.49. The molecule has 0 saturated carbocycles. The summed E-state index contributed by atoms with van der Waals surface area (Å²) >= 11 is 0. The number of hydrogen-bond donors (Lipinski definition) is 3. The molecule has 0 spiro atoms. The number of carbonyl (C=O) groups excluding carboxylic acids is 2. The van der Waals surface area contributed by atoms with Crippen molar-refractivity contribution in [1.82, 2.24) is 10.2 Å². The Morgan fingerprint density at radius 1 is 1.12 bits per heavy atom. The number of rotatable bonds is 4. The highest BCUT2D eigenvalue weighted by Crippen LogP contribution is 2.28. The lowest BCUT2D eigenvalue weighted by molar-refractivity contribution is -0.114. The van der Waals surface area contributed by atoms with Crippen LogP contribution in [0.5, 0.6) is 5.75 Å². The second kappa shape index (κ2) is 6.41. The Labute approximate surface area is 138 Å². The molecule has 1 aromatic heterocycles. The number of carbonyl (C=O) groups is 2. The Morgan fingerprint density at radius 3 is 2.67 bits per heavy atom. The highest BCUT2D eigenvalue weighted by atomic mass is 16.5. The van der Waals surface area contributed by atoms with Gasteiger partial charge in [-0.2, -0.15) is 5.10 Å². The van der Waals surface area contributed by atoms with Crippen molar-refractivity contribution in [3.05, 3.63) is 48.2 Å². The van der Waals surface area contributed by atoms with E-state index in [9.17, 15) is 9.59 Å². The van der Waals surface area contributed by atoms with Crippen LogP contribution in [0, 0.1) is 0 Å². The van der Waals surface area contributed by atoms with E-state index in [4.69, 9.17) is 4.74 Å². The fourth-order valence-electron chi connectivity index (χ4n) is 2.39. The molecule has 1 heterocycles. The molecule has 0 aliphatic heterocycles. The molecule has 2 aromatic carbocycles. The number of amides is 2. The molecule has 3 aromatic rings. The van der Waals surface area contributed by atoms with Crippen LogP contribution in [-0.2, 0) is 4.79 Å². The Bertz CT molecular complexity index is 917. The SMILES string of the molecule is COc1cc(NC(C)=O)ccc1NC(=O)c1n[nH]c2ccccc12. The molecule has 0 radical (unpaired) electrons. The summed E-state index contributed by atoms with van der Waals surface area (Å²) in [4.78, 5) is 23.6. The average molecular weight is 324 g/mol. The van der Waals surface area contributed by atoms with Gasteiger partial charge in [0.25, 0.3) is 5.91 Å². The minimum Gasteiger partial charge on any atom is -0.494 e. The summed E-state index contributed by atoms with van der Waals surface area (Å²) in [6.07, 6.45) is 0. The molecule has 0 unspecified atom stereocenters. The normalized spacial score (nSPS) is 10.4. The lowest BCUT2D eigenvalue weighted by Crippen LogP contribution is -2.14. The number of methoxy groups -OCH3 is 1. The van der Waals surface area contributed by atoms with Crippen molar-refractivity contribution < 1.29 is 14.3 Å². The summed E-state index contributed by atoms with van der Waals surface area (Å²) in [6, 6.07) is 12.4. The van der Waals surface area contributed by atoms with Gasteiger partial charge in [0.2, 0.25) is 5.91 Å². The first-order valence-electron chi connectivity index (χ1n) is 7.28. The number of H-pyrrole nitrogens is 1. The first kappa shape index (κ1) is 15.5. The van der Waals surface area contributed by atoms with E-state index in [0.29, 0.717) is 22.8 Å². The maximum Gasteiger partial charge on any atom is 0.276 e. The molecule has 0 bridgehead atoms. The monoisotopic (exact) mass is 324 g/mol. The fourth-order valence-corrected chi connectivity index (χ4v) is 2.39. The van der Waals surface area contributed by atoms with Crippen molar-refractivity contribution >= 4 is 34.1 Å². The van der Waals surface area contributed by atoms with Crippen LogP contribution in [0.2, 0.25) is 0 Å². The fraction of sp³-hybridized carbons (Fsp3) is 0.118. The molecule has 24 heavy (non-hydrogen) atoms. The van der Waals surface area contributed by atoms with Crippen molar-refractivity contribution in [2.45, 2.75) is 6.92 Å². The van der Waals surface area contributed by atoms with Crippen molar-refractivity contribution in [3.63, 3.8) is 0 Å². The maximum absolute atomic E-state index is 12.5. The van der Waals surface area contributed by atoms with E-state index >= 15 is 0 Å². The standard InChI is InChI=1S/C17H16N4O3/c1-10(22)18-11-7-8-14(15(9-11)24-2)19-17(23)16-12-5-3-4-6-13(12)20-21-16/h3-9H,1-2H3,(H,18,22)(H,19,23)(H,20,21). The molecule has 7 nitrogen and oxygen atoms in total. The zero-order valence-electron chi connectivity index (χ0n) is 13.2. The minimum absolute atomic E-state index is 0.183. The van der Waals surface area contributed by atoms with Crippen LogP contribution < -0.4 is 15.4 Å². The topological polar surface area (TPSA) is 96.1 Å². The van der Waals surface area contributed by atoms with Crippen LogP contribution >= 0.6 is 0 Å². The maximum atomic E-state index is 12.5. The lowest BCUT2D eigenvalue weighted by Gasteiger charge is -2.11. The van der Waals surface area contributed by atoms with Crippen LogP contribution in [0.4, 0.5) is 11.4 Å². The van der Waals surface area contributed by atoms with Crippen LogP contribution in [0.3, 0.4) is 0 Å². The molecular formula is C17H16N4O3. The quantitative estimate of drug-likeness (QED) is 0.687. The average Bonchev–Trinajstić information content (AvgIpc) is 2.99. The smallest absolute Gasteiger partial charge is 0.276 e. The van der Waals surface area contributed by atoms with Crippen LogP contribution in [0.25, 0.3) is 10.9 Å². The predicted octanol–water partition coefficient (Wildman–Crippen LogP) is 2.78. The third kappa shape index (κ3) is 3.05. The summed E-state index contributed by atoms with van der Waals surface area (Å²) in [5.74, 6) is -0.0932. The highest BCUT2D eigenvalue weighted by Gasteiger charge is 2.16. The third-order valence-corrected chi connectivity index (χ3v) is 3.46. The number of para-hydroxylation sites is 1. The van der Waals surface area contributed by atoms with Gasteiger partial charge in [0.1, 0.15) is 5.75 Å². The Morgan fingerprint density at radius 2 is 1.92 bits per heavy atom. The van der Waals surface area contributed by atoms with Crippen LogP contribution in [0.15, 0.2) is 42.5 Å². The number of benzene rings is 2. The zero-order valence-corrected chi connectivity index (χ0v) is 13.2. The molecule has 7 heteroatoms. The molecule has 122 valence electrons. The minimum atomic E-state index is -0.349. The van der Waals surface area contributed by atoms with Gasteiger partial charge >= 0.3 is 0 Å². The van der Waals surface area contributed by atoms with Crippen LogP contribution in [-0.4, -0.2) is 29.1 Å². The second-order valence-electron chi connectivity index (χ2n) is 5.17. The first-order chi connectivity index (χ1) is 11.6. The summed E-state index contributed by atoms with van der Waals surface area (Å²) in [6.45, 7) is 1.42. The van der Waals surface area contributed by atoms with Crippen molar-refractivity contribution in [1.29, 1.82) is 0 Å². The van der Waals surface area contributed by atoms with E-state index in [-0.39, 0.29) is 11.8 Å². The molecule has 0 aliphatic carbocycles. The number of fused-ring (bicyclic) bond motifs is 1. The third-order valence-electron chi connectivity index (χ3n) is 3.46. The van der Waals surface area contributed by atoms with Gasteiger partial charge in [0, 0.05) is 24.1 Å². The summed E-state index contributed by atoms with van der Waals surface area (Å²) in [5, 5.41) is 13.1. The largest absolute Gasteiger partial charge is 0.494 e. The van der Waals surface area contributed by atoms with E-state index in [0.717, 1.165) is 10.9 Å². The number of ether oxygens (including phenoxy) is 1. The van der Waals surface area contributed by atoms with Crippen molar-refractivity contribution in [3.8, 4) is 5.75 Å². The van der Waals surface area contributed by atoms with Crippen molar-refractivity contribution in [2.24, 2.45) is 0 Å². The molecule has 0 fully saturated rings. The zero-order chi connectivity index (χ0) is 17.1. The van der Waals surface area contributed by atoms with Gasteiger partial charge in [-0.15, -0.1) is 0 Å². The molecule has 2 amide bonds.